The minimum atomic E-state index is -0.0454. The van der Waals surface area contributed by atoms with Gasteiger partial charge in [0, 0.05) is 32.7 Å². The van der Waals surface area contributed by atoms with E-state index >= 15 is 0 Å². The topological polar surface area (TPSA) is 50.9 Å². The smallest absolute Gasteiger partial charge is 0.238 e. The van der Waals surface area contributed by atoms with Crippen LogP contribution in [-0.2, 0) is 4.79 Å². The molecule has 0 unspecified atom stereocenters. The van der Waals surface area contributed by atoms with Crippen molar-refractivity contribution in [1.29, 1.82) is 0 Å². The molecule has 0 aromatic heterocycles. The van der Waals surface area contributed by atoms with Gasteiger partial charge in [-0.1, -0.05) is 23.7 Å². The number of halogens is 1. The van der Waals surface area contributed by atoms with E-state index in [1.165, 1.54) is 0 Å². The Bertz CT molecular complexity index is 605. The molecule has 1 amide bonds. The second-order valence-corrected chi connectivity index (χ2v) is 7.47. The van der Waals surface area contributed by atoms with Crippen LogP contribution in [0.5, 0.6) is 0 Å². The van der Waals surface area contributed by atoms with E-state index < -0.39 is 0 Å². The number of hydrogen-bond acceptors (Lipinski definition) is 4. The van der Waals surface area contributed by atoms with Gasteiger partial charge >= 0.3 is 0 Å². The molecule has 1 aliphatic heterocycles. The Labute approximate surface area is 166 Å². The number of hydrogen-bond donors (Lipinski definition) is 2. The number of thiocarbonyl (C=S) groups is 1. The monoisotopic (exact) mass is 397 g/mol. The average molecular weight is 398 g/mol. The summed E-state index contributed by atoms with van der Waals surface area (Å²) in [7, 11) is 4.14. The van der Waals surface area contributed by atoms with Crippen molar-refractivity contribution >= 4 is 40.5 Å². The quantitative estimate of drug-likeness (QED) is 0.539. The lowest BCUT2D eigenvalue weighted by molar-refractivity contribution is -0.117. The van der Waals surface area contributed by atoms with Crippen molar-refractivity contribution in [3.05, 3.63) is 29.3 Å². The van der Waals surface area contributed by atoms with Gasteiger partial charge in [-0.25, -0.2) is 0 Å². The molecule has 1 aromatic rings. The summed E-state index contributed by atoms with van der Waals surface area (Å²) in [6, 6.07) is 7.27. The van der Waals surface area contributed by atoms with Gasteiger partial charge in [0.2, 0.25) is 5.91 Å². The van der Waals surface area contributed by atoms with Crippen LogP contribution in [0.2, 0.25) is 5.02 Å². The van der Waals surface area contributed by atoms with E-state index in [-0.39, 0.29) is 5.91 Å². The van der Waals surface area contributed by atoms with Crippen molar-refractivity contribution in [2.45, 2.75) is 6.42 Å². The van der Waals surface area contributed by atoms with E-state index in [9.17, 15) is 4.79 Å². The second-order valence-electron chi connectivity index (χ2n) is 6.68. The van der Waals surface area contributed by atoms with E-state index in [1.807, 2.05) is 12.1 Å². The van der Waals surface area contributed by atoms with Gasteiger partial charge < -0.3 is 20.4 Å². The molecule has 1 saturated heterocycles. The van der Waals surface area contributed by atoms with Gasteiger partial charge in [0.25, 0.3) is 0 Å². The van der Waals surface area contributed by atoms with E-state index in [2.05, 4.69) is 39.4 Å². The summed E-state index contributed by atoms with van der Waals surface area (Å²) in [6.07, 6.45) is 1.06. The van der Waals surface area contributed by atoms with E-state index in [4.69, 9.17) is 23.8 Å². The van der Waals surface area contributed by atoms with Crippen LogP contribution >= 0.6 is 23.8 Å². The third kappa shape index (κ3) is 7.07. The summed E-state index contributed by atoms with van der Waals surface area (Å²) in [5.41, 5.74) is 0.654. The molecule has 144 valence electrons. The number of carbonyl (C=O) groups is 1. The molecule has 2 N–H and O–H groups in total. The molecular weight excluding hydrogens is 370 g/mol. The predicted molar refractivity (Wildman–Crippen MR) is 112 cm³/mol. The first-order valence-corrected chi connectivity index (χ1v) is 9.68. The number of piperazine rings is 1. The summed E-state index contributed by atoms with van der Waals surface area (Å²) in [5.74, 6) is -0.0454. The first-order valence-electron chi connectivity index (χ1n) is 8.90. The molecule has 0 spiro atoms. The maximum Gasteiger partial charge on any atom is 0.238 e. The lowest BCUT2D eigenvalue weighted by atomic mass is 10.3. The fraction of sp³-hybridized carbons (Fsp3) is 0.556. The van der Waals surface area contributed by atoms with Crippen molar-refractivity contribution in [1.82, 2.24) is 20.0 Å². The molecule has 8 heteroatoms. The maximum atomic E-state index is 12.2. The summed E-state index contributed by atoms with van der Waals surface area (Å²) >= 11 is 11.5. The van der Waals surface area contributed by atoms with Crippen LogP contribution in [0.25, 0.3) is 0 Å². The zero-order valence-electron chi connectivity index (χ0n) is 15.5. The third-order valence-electron chi connectivity index (χ3n) is 4.23. The highest BCUT2D eigenvalue weighted by Gasteiger charge is 2.20. The average Bonchev–Trinajstić information content (AvgIpc) is 2.61. The molecule has 1 heterocycles. The van der Waals surface area contributed by atoms with Crippen molar-refractivity contribution in [3.63, 3.8) is 0 Å². The van der Waals surface area contributed by atoms with E-state index in [0.29, 0.717) is 17.3 Å². The van der Waals surface area contributed by atoms with Gasteiger partial charge in [0.05, 0.1) is 17.3 Å². The minimum absolute atomic E-state index is 0.0454. The number of para-hydroxylation sites is 1. The van der Waals surface area contributed by atoms with Gasteiger partial charge in [-0.15, -0.1) is 0 Å². The largest absolute Gasteiger partial charge is 0.363 e. The molecule has 0 saturated carbocycles. The lowest BCUT2D eigenvalue weighted by Gasteiger charge is -2.35. The standard InChI is InChI=1S/C18H28ClN5OS/c1-22(2)9-5-8-20-18(26)24-12-10-23(11-13-24)14-17(25)21-16-7-4-3-6-15(16)19/h3-4,6-7H,5,8-14H2,1-2H3,(H,20,26)(H,21,25). The van der Waals surface area contributed by atoms with Gasteiger partial charge in [-0.3, -0.25) is 9.69 Å². The molecule has 0 bridgehead atoms. The number of benzene rings is 1. The fourth-order valence-corrected chi connectivity index (χ4v) is 3.23. The van der Waals surface area contributed by atoms with Crippen LogP contribution in [0.1, 0.15) is 6.42 Å². The highest BCUT2D eigenvalue weighted by molar-refractivity contribution is 7.80. The van der Waals surface area contributed by atoms with Crippen LogP contribution in [0.3, 0.4) is 0 Å². The Morgan fingerprint density at radius 3 is 2.58 bits per heavy atom. The number of nitrogens with one attached hydrogen (secondary N) is 2. The van der Waals surface area contributed by atoms with Crippen LogP contribution < -0.4 is 10.6 Å². The van der Waals surface area contributed by atoms with Gasteiger partial charge in [0.15, 0.2) is 5.11 Å². The van der Waals surface area contributed by atoms with Gasteiger partial charge in [-0.05, 0) is 51.4 Å². The molecule has 26 heavy (non-hydrogen) atoms. The van der Waals surface area contributed by atoms with Crippen LogP contribution in [0.4, 0.5) is 5.69 Å². The summed E-state index contributed by atoms with van der Waals surface area (Å²) in [5, 5.41) is 7.55. The first-order chi connectivity index (χ1) is 12.5. The Morgan fingerprint density at radius 1 is 1.23 bits per heavy atom. The first kappa shape index (κ1) is 20.9. The maximum absolute atomic E-state index is 12.2. The fourth-order valence-electron chi connectivity index (χ4n) is 2.77. The van der Waals surface area contributed by atoms with Crippen molar-refractivity contribution in [3.8, 4) is 0 Å². The zero-order valence-corrected chi connectivity index (χ0v) is 17.1. The number of rotatable bonds is 7. The molecule has 0 radical (unpaired) electrons. The Balaban J connectivity index is 1.67. The number of carbonyl (C=O) groups excluding carboxylic acids is 1. The van der Waals surface area contributed by atoms with Crippen LogP contribution in [-0.4, -0.2) is 85.6 Å². The van der Waals surface area contributed by atoms with Crippen molar-refractivity contribution < 1.29 is 4.79 Å². The predicted octanol–water partition coefficient (Wildman–Crippen LogP) is 1.72. The number of nitrogens with zero attached hydrogens (tertiary/aromatic N) is 3. The molecule has 1 aromatic carbocycles. The molecule has 6 nitrogen and oxygen atoms in total. The molecular formula is C18H28ClN5OS. The summed E-state index contributed by atoms with van der Waals surface area (Å²) in [6.45, 7) is 5.59. The molecule has 1 aliphatic rings. The lowest BCUT2D eigenvalue weighted by Crippen LogP contribution is -2.53. The molecule has 1 fully saturated rings. The van der Waals surface area contributed by atoms with Gasteiger partial charge in [0.1, 0.15) is 0 Å². The normalized spacial score (nSPS) is 15.2. The van der Waals surface area contributed by atoms with Crippen molar-refractivity contribution in [2.75, 3.05) is 65.2 Å². The third-order valence-corrected chi connectivity index (χ3v) is 4.97. The number of amides is 1. The Kier molecular flexibility index (Phi) is 8.58. The zero-order chi connectivity index (χ0) is 18.9. The SMILES string of the molecule is CN(C)CCCNC(=S)N1CCN(CC(=O)Nc2ccccc2Cl)CC1. The van der Waals surface area contributed by atoms with Gasteiger partial charge in [-0.2, -0.15) is 0 Å². The molecule has 0 aliphatic carbocycles. The van der Waals surface area contributed by atoms with Crippen LogP contribution in [0, 0.1) is 0 Å². The second kappa shape index (κ2) is 10.7. The number of anilines is 1. The van der Waals surface area contributed by atoms with Crippen molar-refractivity contribution in [2.24, 2.45) is 0 Å². The van der Waals surface area contributed by atoms with E-state index in [1.54, 1.807) is 12.1 Å². The minimum Gasteiger partial charge on any atom is -0.363 e. The van der Waals surface area contributed by atoms with Crippen LogP contribution in [0.15, 0.2) is 24.3 Å². The summed E-state index contributed by atoms with van der Waals surface area (Å²) < 4.78 is 0. The highest BCUT2D eigenvalue weighted by atomic mass is 35.5. The molecule has 0 atom stereocenters. The highest BCUT2D eigenvalue weighted by Crippen LogP contribution is 2.20. The van der Waals surface area contributed by atoms with E-state index in [0.717, 1.165) is 50.8 Å². The summed E-state index contributed by atoms with van der Waals surface area (Å²) in [4.78, 5) is 18.7. The Hall–Kier alpha value is -1.41. The molecule has 2 rings (SSSR count). The Morgan fingerprint density at radius 2 is 1.92 bits per heavy atom.